The highest BCUT2D eigenvalue weighted by atomic mass is 16.5. The van der Waals surface area contributed by atoms with Crippen LogP contribution < -0.4 is 9.47 Å². The first-order valence-corrected chi connectivity index (χ1v) is 12.9. The van der Waals surface area contributed by atoms with Gasteiger partial charge in [-0.2, -0.15) is 0 Å². The van der Waals surface area contributed by atoms with Crippen LogP contribution in [-0.2, 0) is 19.1 Å². The molecular weight excluding hydrogens is 488 g/mol. The Hall–Kier alpha value is -3.94. The second kappa shape index (κ2) is 12.1. The number of benzene rings is 2. The zero-order chi connectivity index (χ0) is 27.2. The number of carbonyl (C=O) groups is 4. The fourth-order valence-electron chi connectivity index (χ4n) is 4.96. The molecule has 200 valence electrons. The molecule has 0 amide bonds. The number of ketones is 1. The van der Waals surface area contributed by atoms with Crippen molar-refractivity contribution < 1.29 is 38.1 Å². The van der Waals surface area contributed by atoms with E-state index in [9.17, 15) is 19.2 Å². The van der Waals surface area contributed by atoms with Gasteiger partial charge in [-0.15, -0.1) is 0 Å². The van der Waals surface area contributed by atoms with Crippen molar-refractivity contribution >= 4 is 29.8 Å². The van der Waals surface area contributed by atoms with Gasteiger partial charge in [-0.1, -0.05) is 24.3 Å². The van der Waals surface area contributed by atoms with Gasteiger partial charge in [0.2, 0.25) is 0 Å². The van der Waals surface area contributed by atoms with Gasteiger partial charge in [-0.05, 0) is 61.9 Å². The highest BCUT2D eigenvalue weighted by Crippen LogP contribution is 2.47. The lowest BCUT2D eigenvalue weighted by atomic mass is 9.83. The lowest BCUT2D eigenvalue weighted by Crippen LogP contribution is -2.24. The van der Waals surface area contributed by atoms with E-state index >= 15 is 0 Å². The molecule has 2 atom stereocenters. The van der Waals surface area contributed by atoms with Gasteiger partial charge in [0, 0.05) is 24.3 Å². The Balaban J connectivity index is 1.82. The van der Waals surface area contributed by atoms with Crippen molar-refractivity contribution in [3.05, 3.63) is 64.2 Å². The van der Waals surface area contributed by atoms with E-state index in [2.05, 4.69) is 0 Å². The fourth-order valence-corrected chi connectivity index (χ4v) is 4.96. The topological polar surface area (TPSA) is 105 Å². The summed E-state index contributed by atoms with van der Waals surface area (Å²) in [6.07, 6.45) is 6.89. The van der Waals surface area contributed by atoms with Gasteiger partial charge in [0.15, 0.2) is 0 Å². The largest absolute Gasteiger partial charge is 0.495 e. The third-order valence-electron chi connectivity index (χ3n) is 6.90. The molecular formula is C30H32O8. The van der Waals surface area contributed by atoms with E-state index < -0.39 is 29.9 Å². The maximum absolute atomic E-state index is 13.5. The van der Waals surface area contributed by atoms with E-state index in [4.69, 9.17) is 18.9 Å². The number of rotatable bonds is 3. The Kier molecular flexibility index (Phi) is 8.61. The third kappa shape index (κ3) is 5.96. The molecule has 0 radical (unpaired) electrons. The highest BCUT2D eigenvalue weighted by Gasteiger charge is 2.36. The summed E-state index contributed by atoms with van der Waals surface area (Å²) in [6, 6.07) is 8.45. The number of hydrogen-bond donors (Lipinski definition) is 0. The molecule has 4 rings (SSSR count). The summed E-state index contributed by atoms with van der Waals surface area (Å²) in [6.45, 7) is 1.81. The molecule has 2 aliphatic rings. The van der Waals surface area contributed by atoms with Crippen LogP contribution in [0, 0.1) is 0 Å². The Morgan fingerprint density at radius 1 is 1.03 bits per heavy atom. The van der Waals surface area contributed by atoms with Gasteiger partial charge in [-0.3, -0.25) is 9.59 Å². The zero-order valence-corrected chi connectivity index (χ0v) is 21.9. The second-order valence-corrected chi connectivity index (χ2v) is 9.57. The van der Waals surface area contributed by atoms with Crippen molar-refractivity contribution in [3.63, 3.8) is 0 Å². The third-order valence-corrected chi connectivity index (χ3v) is 6.90. The molecule has 0 fully saturated rings. The normalized spacial score (nSPS) is 20.3. The summed E-state index contributed by atoms with van der Waals surface area (Å²) in [5.41, 5.74) is 2.49. The predicted octanol–water partition coefficient (Wildman–Crippen LogP) is 5.40. The lowest BCUT2D eigenvalue weighted by molar-refractivity contribution is -0.135. The van der Waals surface area contributed by atoms with Crippen LogP contribution in [0.1, 0.15) is 95.2 Å². The van der Waals surface area contributed by atoms with Crippen LogP contribution in [0.5, 0.6) is 11.5 Å². The monoisotopic (exact) mass is 520 g/mol. The van der Waals surface area contributed by atoms with Crippen LogP contribution in [0.15, 0.2) is 36.4 Å². The summed E-state index contributed by atoms with van der Waals surface area (Å²) in [5.74, 6) is -1.08. The average molecular weight is 521 g/mol. The molecule has 2 aromatic rings. The molecule has 0 aliphatic carbocycles. The van der Waals surface area contributed by atoms with E-state index in [0.29, 0.717) is 61.0 Å². The average Bonchev–Trinajstić information content (AvgIpc) is 2.90. The number of cyclic esters (lactones) is 1. The SMILES string of the molecule is COC(=O)c1ccc(C2CC(=O)Oc3cc4c(c(OC)c32)C(=O)OC(C)CCCC(=O)CCCC=C4)cc1. The molecule has 0 saturated carbocycles. The first-order chi connectivity index (χ1) is 18.3. The van der Waals surface area contributed by atoms with Crippen LogP contribution in [-0.4, -0.2) is 44.0 Å². The van der Waals surface area contributed by atoms with E-state index in [1.807, 2.05) is 13.0 Å². The fraction of sp³-hybridized carbons (Fsp3) is 0.400. The summed E-state index contributed by atoms with van der Waals surface area (Å²) >= 11 is 0. The Labute approximate surface area is 221 Å². The Morgan fingerprint density at radius 2 is 1.76 bits per heavy atom. The van der Waals surface area contributed by atoms with Gasteiger partial charge in [0.1, 0.15) is 22.8 Å². The quantitative estimate of drug-likeness (QED) is 0.391. The Morgan fingerprint density at radius 3 is 2.47 bits per heavy atom. The summed E-state index contributed by atoms with van der Waals surface area (Å²) in [4.78, 5) is 50.1. The molecule has 0 saturated heterocycles. The lowest BCUT2D eigenvalue weighted by Gasteiger charge is -2.29. The molecule has 2 unspecified atom stereocenters. The molecule has 2 aliphatic heterocycles. The zero-order valence-electron chi connectivity index (χ0n) is 21.9. The summed E-state index contributed by atoms with van der Waals surface area (Å²) in [7, 11) is 2.79. The number of methoxy groups -OCH3 is 2. The van der Waals surface area contributed by atoms with E-state index in [-0.39, 0.29) is 23.5 Å². The smallest absolute Gasteiger partial charge is 0.342 e. The highest BCUT2D eigenvalue weighted by molar-refractivity contribution is 5.99. The minimum absolute atomic E-state index is 0.0367. The number of Topliss-reactive ketones (excluding diaryl/α,β-unsaturated/α-hetero) is 1. The molecule has 2 heterocycles. The maximum atomic E-state index is 13.5. The van der Waals surface area contributed by atoms with Gasteiger partial charge < -0.3 is 18.9 Å². The first-order valence-electron chi connectivity index (χ1n) is 12.9. The molecule has 0 aromatic heterocycles. The van der Waals surface area contributed by atoms with Crippen LogP contribution in [0.25, 0.3) is 6.08 Å². The molecule has 8 nitrogen and oxygen atoms in total. The molecule has 2 aromatic carbocycles. The summed E-state index contributed by atoms with van der Waals surface area (Å²) < 4.78 is 22.0. The molecule has 38 heavy (non-hydrogen) atoms. The predicted molar refractivity (Wildman–Crippen MR) is 139 cm³/mol. The van der Waals surface area contributed by atoms with Crippen LogP contribution in [0.3, 0.4) is 0 Å². The van der Waals surface area contributed by atoms with E-state index in [1.165, 1.54) is 14.2 Å². The number of esters is 3. The first kappa shape index (κ1) is 27.1. The molecule has 0 N–H and O–H groups in total. The van der Waals surface area contributed by atoms with Crippen molar-refractivity contribution in [2.24, 2.45) is 0 Å². The van der Waals surface area contributed by atoms with Gasteiger partial charge in [0.05, 0.1) is 32.3 Å². The second-order valence-electron chi connectivity index (χ2n) is 9.57. The van der Waals surface area contributed by atoms with Crippen molar-refractivity contribution in [1.82, 2.24) is 0 Å². The van der Waals surface area contributed by atoms with Crippen molar-refractivity contribution in [2.45, 2.75) is 63.9 Å². The number of carbonyl (C=O) groups excluding carboxylic acids is 4. The number of hydrogen-bond acceptors (Lipinski definition) is 8. The molecule has 0 bridgehead atoms. The van der Waals surface area contributed by atoms with Crippen LogP contribution in [0.4, 0.5) is 0 Å². The standard InChI is InChI=1S/C30H32O8/c1-18-8-7-11-22(31)10-6-4-5-9-21-16-24-27(28(35-2)26(21)30(34)37-18)23(17-25(32)38-24)19-12-14-20(15-13-19)29(33)36-3/h5,9,12-16,18,23H,4,6-8,10-11,17H2,1-3H3. The van der Waals surface area contributed by atoms with Crippen LogP contribution in [0.2, 0.25) is 0 Å². The maximum Gasteiger partial charge on any atom is 0.342 e. The van der Waals surface area contributed by atoms with Gasteiger partial charge >= 0.3 is 17.9 Å². The summed E-state index contributed by atoms with van der Waals surface area (Å²) in [5, 5.41) is 0. The van der Waals surface area contributed by atoms with E-state index in [1.54, 1.807) is 36.4 Å². The number of fused-ring (bicyclic) bond motifs is 2. The number of ether oxygens (including phenoxy) is 4. The molecule has 8 heteroatoms. The van der Waals surface area contributed by atoms with Crippen molar-refractivity contribution in [1.29, 1.82) is 0 Å². The van der Waals surface area contributed by atoms with E-state index in [0.717, 1.165) is 5.56 Å². The minimum atomic E-state index is -0.545. The Bertz CT molecular complexity index is 1260. The van der Waals surface area contributed by atoms with Gasteiger partial charge in [-0.25, -0.2) is 9.59 Å². The number of allylic oxidation sites excluding steroid dienone is 1. The van der Waals surface area contributed by atoms with Gasteiger partial charge in [0.25, 0.3) is 0 Å². The minimum Gasteiger partial charge on any atom is -0.495 e. The van der Waals surface area contributed by atoms with Crippen LogP contribution >= 0.6 is 0 Å². The van der Waals surface area contributed by atoms with Crippen molar-refractivity contribution in [2.75, 3.05) is 14.2 Å². The van der Waals surface area contributed by atoms with Crippen molar-refractivity contribution in [3.8, 4) is 11.5 Å². The molecule has 0 spiro atoms.